The zero-order valence-corrected chi connectivity index (χ0v) is 8.85. The number of nitrogen functional groups attached to an aromatic ring is 1. The van der Waals surface area contributed by atoms with Crippen molar-refractivity contribution in [2.24, 2.45) is 0 Å². The normalized spacial score (nSPS) is 10.2. The van der Waals surface area contributed by atoms with E-state index in [-0.39, 0.29) is 18.3 Å². The molecule has 0 bridgehead atoms. The second kappa shape index (κ2) is 5.24. The molecule has 3 N–H and O–H groups in total. The van der Waals surface area contributed by atoms with E-state index in [1.54, 1.807) is 0 Å². The summed E-state index contributed by atoms with van der Waals surface area (Å²) < 4.78 is 5.17. The molecule has 0 aromatic carbocycles. The maximum absolute atomic E-state index is 8.53. The molecule has 0 fully saturated rings. The van der Waals surface area contributed by atoms with Crippen molar-refractivity contribution in [2.45, 2.75) is 6.42 Å². The second-order valence-corrected chi connectivity index (χ2v) is 3.38. The summed E-state index contributed by atoms with van der Waals surface area (Å²) in [6, 6.07) is 1.47. The van der Waals surface area contributed by atoms with Crippen LogP contribution in [0.25, 0.3) is 0 Å². The number of hydrogen-bond acceptors (Lipinski definition) is 4. The molecule has 0 radical (unpaired) electrons. The fraction of sp³-hybridized carbons (Fsp3) is 0.375. The molecule has 78 valence electrons. The number of pyridine rings is 1. The lowest BCUT2D eigenvalue weighted by Crippen LogP contribution is -2.03. The Bertz CT molecular complexity index is 320. The minimum atomic E-state index is 0.0562. The van der Waals surface area contributed by atoms with Gasteiger partial charge in [-0.05, 0) is 6.07 Å². The maximum Gasteiger partial charge on any atom is 0.234 e. The summed E-state index contributed by atoms with van der Waals surface area (Å²) in [5, 5.41) is 9.14. The molecule has 1 aromatic heterocycles. The molecule has 0 amide bonds. The van der Waals surface area contributed by atoms with Gasteiger partial charge in [0.2, 0.25) is 5.88 Å². The monoisotopic (exact) mass is 236 g/mol. The van der Waals surface area contributed by atoms with Crippen molar-refractivity contribution in [1.82, 2.24) is 4.98 Å². The highest BCUT2D eigenvalue weighted by atomic mass is 35.5. The quantitative estimate of drug-likeness (QED) is 0.782. The summed E-state index contributed by atoms with van der Waals surface area (Å²) in [5.41, 5.74) is 5.46. The van der Waals surface area contributed by atoms with Crippen molar-refractivity contribution in [3.05, 3.63) is 16.1 Å². The van der Waals surface area contributed by atoms with Crippen molar-refractivity contribution in [3.63, 3.8) is 0 Å². The molecule has 0 aliphatic carbocycles. The Morgan fingerprint density at radius 1 is 1.43 bits per heavy atom. The summed E-state index contributed by atoms with van der Waals surface area (Å²) in [4.78, 5) is 3.85. The predicted octanol–water partition coefficient (Wildman–Crippen LogP) is 1.73. The van der Waals surface area contributed by atoms with Crippen LogP contribution in [0, 0.1) is 0 Å². The summed E-state index contributed by atoms with van der Waals surface area (Å²) in [5.74, 6) is 0.414. The van der Waals surface area contributed by atoms with Gasteiger partial charge in [0.05, 0.1) is 11.6 Å². The molecule has 0 saturated carbocycles. The molecule has 1 aromatic rings. The molecule has 1 heterocycles. The van der Waals surface area contributed by atoms with Gasteiger partial charge in [-0.2, -0.15) is 4.98 Å². The highest BCUT2D eigenvalue weighted by Crippen LogP contribution is 2.28. The Morgan fingerprint density at radius 2 is 2.14 bits per heavy atom. The van der Waals surface area contributed by atoms with Crippen LogP contribution in [0.4, 0.5) is 5.82 Å². The highest BCUT2D eigenvalue weighted by molar-refractivity contribution is 6.36. The van der Waals surface area contributed by atoms with E-state index in [1.165, 1.54) is 6.07 Å². The van der Waals surface area contributed by atoms with E-state index in [0.29, 0.717) is 23.1 Å². The van der Waals surface area contributed by atoms with Crippen molar-refractivity contribution in [2.75, 3.05) is 18.9 Å². The van der Waals surface area contributed by atoms with Crippen molar-refractivity contribution < 1.29 is 9.84 Å². The third kappa shape index (κ3) is 2.90. The Labute approximate surface area is 91.6 Å². The number of aromatic nitrogens is 1. The Balaban J connectivity index is 2.72. The number of aliphatic hydroxyl groups excluding tert-OH is 1. The van der Waals surface area contributed by atoms with Gasteiger partial charge in [0.25, 0.3) is 0 Å². The highest BCUT2D eigenvalue weighted by Gasteiger charge is 2.07. The average Bonchev–Trinajstić information content (AvgIpc) is 2.14. The molecule has 6 heteroatoms. The van der Waals surface area contributed by atoms with Crippen LogP contribution in [-0.2, 0) is 0 Å². The van der Waals surface area contributed by atoms with Gasteiger partial charge in [-0.1, -0.05) is 23.2 Å². The first kappa shape index (κ1) is 11.4. The summed E-state index contributed by atoms with van der Waals surface area (Å²) in [7, 11) is 0. The average molecular weight is 237 g/mol. The standard InChI is InChI=1S/C8H10Cl2N2O2/c9-5-4-6(10)8(12-7(5)11)14-3-1-2-13/h4,13H,1-3H2,(H2,11,12). The topological polar surface area (TPSA) is 68.4 Å². The molecule has 1 rings (SSSR count). The first-order valence-corrected chi connectivity index (χ1v) is 4.76. The molecule has 0 saturated heterocycles. The van der Waals surface area contributed by atoms with E-state index >= 15 is 0 Å². The Hall–Kier alpha value is -0.710. The van der Waals surface area contributed by atoms with Crippen LogP contribution in [0.5, 0.6) is 5.88 Å². The summed E-state index contributed by atoms with van der Waals surface area (Å²) >= 11 is 11.5. The first-order valence-electron chi connectivity index (χ1n) is 4.00. The zero-order valence-electron chi connectivity index (χ0n) is 7.33. The summed E-state index contributed by atoms with van der Waals surface area (Å²) in [6.45, 7) is 0.394. The van der Waals surface area contributed by atoms with E-state index < -0.39 is 0 Å². The second-order valence-electron chi connectivity index (χ2n) is 2.57. The van der Waals surface area contributed by atoms with Gasteiger partial charge >= 0.3 is 0 Å². The van der Waals surface area contributed by atoms with E-state index in [1.807, 2.05) is 0 Å². The molecule has 0 unspecified atom stereocenters. The molecule has 4 nitrogen and oxygen atoms in total. The molecular formula is C8H10Cl2N2O2. The number of aliphatic hydroxyl groups is 1. The molecule has 14 heavy (non-hydrogen) atoms. The van der Waals surface area contributed by atoms with E-state index in [0.717, 1.165) is 0 Å². The van der Waals surface area contributed by atoms with Crippen LogP contribution in [0.3, 0.4) is 0 Å². The van der Waals surface area contributed by atoms with Gasteiger partial charge in [0.15, 0.2) is 0 Å². The van der Waals surface area contributed by atoms with Gasteiger partial charge in [-0.3, -0.25) is 0 Å². The van der Waals surface area contributed by atoms with E-state index in [4.69, 9.17) is 38.8 Å². The zero-order chi connectivity index (χ0) is 10.6. The predicted molar refractivity (Wildman–Crippen MR) is 55.9 cm³/mol. The number of anilines is 1. The van der Waals surface area contributed by atoms with Crippen molar-refractivity contribution in [3.8, 4) is 5.88 Å². The molecule has 0 spiro atoms. The molecule has 0 atom stereocenters. The maximum atomic E-state index is 8.53. The molecular weight excluding hydrogens is 227 g/mol. The van der Waals surface area contributed by atoms with Gasteiger partial charge in [0, 0.05) is 13.0 Å². The summed E-state index contributed by atoms with van der Waals surface area (Å²) in [6.07, 6.45) is 0.514. The minimum absolute atomic E-state index is 0.0562. The van der Waals surface area contributed by atoms with E-state index in [2.05, 4.69) is 4.98 Å². The first-order chi connectivity index (χ1) is 6.65. The third-order valence-electron chi connectivity index (χ3n) is 1.47. The van der Waals surface area contributed by atoms with E-state index in [9.17, 15) is 0 Å². The van der Waals surface area contributed by atoms with Crippen LogP contribution < -0.4 is 10.5 Å². The lowest BCUT2D eigenvalue weighted by Gasteiger charge is -2.07. The van der Waals surface area contributed by atoms with Crippen LogP contribution >= 0.6 is 23.2 Å². The SMILES string of the molecule is Nc1nc(OCCCO)c(Cl)cc1Cl. The lowest BCUT2D eigenvalue weighted by atomic mass is 10.4. The Morgan fingerprint density at radius 3 is 2.79 bits per heavy atom. The number of nitrogens with zero attached hydrogens (tertiary/aromatic N) is 1. The van der Waals surface area contributed by atoms with Crippen molar-refractivity contribution in [1.29, 1.82) is 0 Å². The van der Waals surface area contributed by atoms with Crippen molar-refractivity contribution >= 4 is 29.0 Å². The third-order valence-corrected chi connectivity index (χ3v) is 2.04. The molecule has 0 aliphatic rings. The van der Waals surface area contributed by atoms with Crippen LogP contribution in [0.1, 0.15) is 6.42 Å². The largest absolute Gasteiger partial charge is 0.476 e. The van der Waals surface area contributed by atoms with Gasteiger partial charge < -0.3 is 15.6 Å². The number of hydrogen-bond donors (Lipinski definition) is 2. The lowest BCUT2D eigenvalue weighted by molar-refractivity contribution is 0.229. The smallest absolute Gasteiger partial charge is 0.234 e. The number of ether oxygens (including phenoxy) is 1. The van der Waals surface area contributed by atoms with Crippen LogP contribution in [0.2, 0.25) is 10.0 Å². The number of rotatable bonds is 4. The van der Waals surface area contributed by atoms with Crippen LogP contribution in [-0.4, -0.2) is 23.3 Å². The molecule has 0 aliphatic heterocycles. The van der Waals surface area contributed by atoms with Gasteiger partial charge in [0.1, 0.15) is 10.8 Å². The minimum Gasteiger partial charge on any atom is -0.476 e. The van der Waals surface area contributed by atoms with Crippen LogP contribution in [0.15, 0.2) is 6.07 Å². The Kier molecular flexibility index (Phi) is 4.25. The fourth-order valence-corrected chi connectivity index (χ4v) is 1.21. The number of nitrogens with two attached hydrogens (primary N) is 1. The fourth-order valence-electron chi connectivity index (χ4n) is 0.798. The van der Waals surface area contributed by atoms with Gasteiger partial charge in [-0.15, -0.1) is 0 Å². The number of halogens is 2. The van der Waals surface area contributed by atoms with Gasteiger partial charge in [-0.25, -0.2) is 0 Å².